The van der Waals surface area contributed by atoms with Crippen molar-refractivity contribution < 1.29 is 14.3 Å². The molecule has 2 aromatic rings. The van der Waals surface area contributed by atoms with Gasteiger partial charge >= 0.3 is 0 Å². The van der Waals surface area contributed by atoms with Crippen molar-refractivity contribution in [2.45, 2.75) is 31.3 Å². The number of hydrogen-bond donors (Lipinski definition) is 2. The number of benzene rings is 2. The van der Waals surface area contributed by atoms with Crippen molar-refractivity contribution in [2.24, 2.45) is 0 Å². The van der Waals surface area contributed by atoms with E-state index in [2.05, 4.69) is 10.6 Å². The minimum atomic E-state index is -0.162. The van der Waals surface area contributed by atoms with Crippen LogP contribution in [0.15, 0.2) is 58.3 Å². The van der Waals surface area contributed by atoms with Gasteiger partial charge in [-0.2, -0.15) is 0 Å². The number of nitrogens with one attached hydrogen (secondary N) is 2. The Kier molecular flexibility index (Phi) is 6.90. The molecule has 28 heavy (non-hydrogen) atoms. The van der Waals surface area contributed by atoms with Gasteiger partial charge in [-0.25, -0.2) is 0 Å². The highest BCUT2D eigenvalue weighted by atomic mass is 32.2. The van der Waals surface area contributed by atoms with Gasteiger partial charge in [0.2, 0.25) is 0 Å². The fourth-order valence-corrected chi connectivity index (χ4v) is 3.63. The molecule has 6 heteroatoms. The zero-order valence-electron chi connectivity index (χ0n) is 16.0. The van der Waals surface area contributed by atoms with Gasteiger partial charge in [-0.3, -0.25) is 9.59 Å². The van der Waals surface area contributed by atoms with Gasteiger partial charge in [-0.1, -0.05) is 42.1 Å². The SMILES string of the molecule is CC(C)OCCCNC(=O)c1ccc2c(c1)NC(=O)/C(=C/c1ccccc1)S2. The molecule has 0 aromatic heterocycles. The molecule has 1 aliphatic heterocycles. The first-order chi connectivity index (χ1) is 13.5. The van der Waals surface area contributed by atoms with Crippen LogP contribution in [0.2, 0.25) is 0 Å². The second-order valence-corrected chi connectivity index (χ2v) is 7.80. The summed E-state index contributed by atoms with van der Waals surface area (Å²) in [5.41, 5.74) is 2.16. The largest absolute Gasteiger partial charge is 0.379 e. The lowest BCUT2D eigenvalue weighted by Crippen LogP contribution is -2.26. The first kappa shape index (κ1) is 20.2. The third-order valence-corrected chi connectivity index (χ3v) is 5.19. The molecule has 0 saturated carbocycles. The first-order valence-electron chi connectivity index (χ1n) is 9.33. The van der Waals surface area contributed by atoms with Crippen LogP contribution < -0.4 is 10.6 Å². The summed E-state index contributed by atoms with van der Waals surface area (Å²) in [6, 6.07) is 15.1. The van der Waals surface area contributed by atoms with Gasteiger partial charge in [0.1, 0.15) is 0 Å². The number of carbonyl (C=O) groups excluding carboxylic acids is 2. The minimum absolute atomic E-state index is 0.155. The van der Waals surface area contributed by atoms with Gasteiger partial charge in [-0.05, 0) is 50.1 Å². The van der Waals surface area contributed by atoms with Crippen LogP contribution in [-0.4, -0.2) is 31.1 Å². The molecule has 2 aromatic carbocycles. The highest BCUT2D eigenvalue weighted by Crippen LogP contribution is 2.39. The van der Waals surface area contributed by atoms with Crippen LogP contribution in [0, 0.1) is 0 Å². The van der Waals surface area contributed by atoms with Crippen molar-refractivity contribution in [2.75, 3.05) is 18.5 Å². The Morgan fingerprint density at radius 2 is 2.00 bits per heavy atom. The van der Waals surface area contributed by atoms with Crippen LogP contribution in [0.25, 0.3) is 6.08 Å². The number of anilines is 1. The topological polar surface area (TPSA) is 67.4 Å². The van der Waals surface area contributed by atoms with E-state index in [-0.39, 0.29) is 17.9 Å². The molecule has 3 rings (SSSR count). The van der Waals surface area contributed by atoms with Crippen molar-refractivity contribution in [1.29, 1.82) is 0 Å². The van der Waals surface area contributed by atoms with E-state index in [1.165, 1.54) is 11.8 Å². The summed E-state index contributed by atoms with van der Waals surface area (Å²) < 4.78 is 5.46. The number of fused-ring (bicyclic) bond motifs is 1. The summed E-state index contributed by atoms with van der Waals surface area (Å²) in [4.78, 5) is 26.3. The molecule has 0 saturated heterocycles. The predicted octanol–water partition coefficient (Wildman–Crippen LogP) is 4.32. The number of carbonyl (C=O) groups is 2. The second-order valence-electron chi connectivity index (χ2n) is 6.72. The number of hydrogen-bond acceptors (Lipinski definition) is 4. The van der Waals surface area contributed by atoms with Crippen molar-refractivity contribution in [3.63, 3.8) is 0 Å². The molecule has 0 spiro atoms. The Bertz CT molecular complexity index is 879. The normalized spacial score (nSPS) is 14.7. The molecule has 0 atom stereocenters. The number of thioether (sulfide) groups is 1. The second kappa shape index (κ2) is 9.57. The zero-order chi connectivity index (χ0) is 19.9. The Morgan fingerprint density at radius 1 is 1.21 bits per heavy atom. The van der Waals surface area contributed by atoms with E-state index in [1.807, 2.05) is 56.3 Å². The van der Waals surface area contributed by atoms with Crippen LogP contribution in [0.4, 0.5) is 5.69 Å². The van der Waals surface area contributed by atoms with Crippen molar-refractivity contribution in [1.82, 2.24) is 5.32 Å². The molecule has 5 nitrogen and oxygen atoms in total. The maximum Gasteiger partial charge on any atom is 0.262 e. The molecule has 0 fully saturated rings. The lowest BCUT2D eigenvalue weighted by Gasteiger charge is -2.19. The number of rotatable bonds is 7. The summed E-state index contributed by atoms with van der Waals surface area (Å²) in [7, 11) is 0. The maximum atomic E-state index is 12.4. The molecule has 0 unspecified atom stereocenters. The van der Waals surface area contributed by atoms with E-state index >= 15 is 0 Å². The molecule has 2 N–H and O–H groups in total. The van der Waals surface area contributed by atoms with Crippen LogP contribution in [0.3, 0.4) is 0 Å². The lowest BCUT2D eigenvalue weighted by molar-refractivity contribution is -0.112. The van der Waals surface area contributed by atoms with Gasteiger partial charge in [0.25, 0.3) is 11.8 Å². The molecule has 1 aliphatic rings. The summed E-state index contributed by atoms with van der Waals surface area (Å²) in [6.07, 6.45) is 2.82. The van der Waals surface area contributed by atoms with Gasteiger partial charge in [0, 0.05) is 23.6 Å². The molecular formula is C22H24N2O3S. The van der Waals surface area contributed by atoms with Gasteiger partial charge in [0.15, 0.2) is 0 Å². The quantitative estimate of drug-likeness (QED) is 0.540. The van der Waals surface area contributed by atoms with E-state index in [9.17, 15) is 9.59 Å². The fourth-order valence-electron chi connectivity index (χ4n) is 2.70. The summed E-state index contributed by atoms with van der Waals surface area (Å²) in [5.74, 6) is -0.318. The third-order valence-electron chi connectivity index (χ3n) is 4.09. The zero-order valence-corrected chi connectivity index (χ0v) is 16.8. The van der Waals surface area contributed by atoms with E-state index in [1.54, 1.807) is 12.1 Å². The molecule has 0 radical (unpaired) electrons. The molecule has 0 aliphatic carbocycles. The Labute approximate surface area is 169 Å². The number of ether oxygens (including phenoxy) is 1. The first-order valence-corrected chi connectivity index (χ1v) is 10.1. The van der Waals surface area contributed by atoms with Crippen LogP contribution >= 0.6 is 11.8 Å². The van der Waals surface area contributed by atoms with Crippen LogP contribution in [0.5, 0.6) is 0 Å². The van der Waals surface area contributed by atoms with Crippen LogP contribution in [0.1, 0.15) is 36.2 Å². The molecule has 0 bridgehead atoms. The van der Waals surface area contributed by atoms with Gasteiger partial charge in [0.05, 0.1) is 16.7 Å². The molecule has 146 valence electrons. The smallest absolute Gasteiger partial charge is 0.262 e. The van der Waals surface area contributed by atoms with Gasteiger partial charge in [-0.15, -0.1) is 0 Å². The number of amides is 2. The average molecular weight is 397 g/mol. The Balaban J connectivity index is 1.63. The van der Waals surface area contributed by atoms with Crippen LogP contribution in [-0.2, 0) is 9.53 Å². The van der Waals surface area contributed by atoms with E-state index < -0.39 is 0 Å². The predicted molar refractivity (Wildman–Crippen MR) is 113 cm³/mol. The fraction of sp³-hybridized carbons (Fsp3) is 0.273. The average Bonchev–Trinajstić information content (AvgIpc) is 2.68. The van der Waals surface area contributed by atoms with Crippen molar-refractivity contribution in [3.05, 3.63) is 64.6 Å². The van der Waals surface area contributed by atoms with Crippen molar-refractivity contribution >= 4 is 35.3 Å². The Hall–Kier alpha value is -2.57. The highest BCUT2D eigenvalue weighted by Gasteiger charge is 2.22. The lowest BCUT2D eigenvalue weighted by atomic mass is 10.1. The summed E-state index contributed by atoms with van der Waals surface area (Å²) in [6.45, 7) is 5.13. The monoisotopic (exact) mass is 396 g/mol. The standard InChI is InChI=1S/C22H24N2O3S/c1-15(2)27-12-6-11-23-21(25)17-9-10-19-18(14-17)24-22(26)20(28-19)13-16-7-4-3-5-8-16/h3-5,7-10,13-15H,6,11-12H2,1-2H3,(H,23,25)(H,24,26)/b20-13-. The highest BCUT2D eigenvalue weighted by molar-refractivity contribution is 8.04. The minimum Gasteiger partial charge on any atom is -0.379 e. The van der Waals surface area contributed by atoms with E-state index in [4.69, 9.17) is 4.74 Å². The Morgan fingerprint density at radius 3 is 2.75 bits per heavy atom. The molecular weight excluding hydrogens is 372 g/mol. The summed E-state index contributed by atoms with van der Waals surface area (Å²) >= 11 is 1.41. The van der Waals surface area contributed by atoms with Gasteiger partial charge < -0.3 is 15.4 Å². The van der Waals surface area contributed by atoms with Crippen molar-refractivity contribution in [3.8, 4) is 0 Å². The summed E-state index contributed by atoms with van der Waals surface area (Å²) in [5, 5.41) is 5.77. The molecule has 1 heterocycles. The van der Waals surface area contributed by atoms with E-state index in [0.717, 1.165) is 16.9 Å². The third kappa shape index (κ3) is 5.47. The molecule has 2 amide bonds. The van der Waals surface area contributed by atoms with E-state index in [0.29, 0.717) is 29.3 Å². The maximum absolute atomic E-state index is 12.4.